The van der Waals surface area contributed by atoms with Crippen LogP contribution in [0.1, 0.15) is 18.2 Å². The summed E-state index contributed by atoms with van der Waals surface area (Å²) in [6.45, 7) is 1.14. The average Bonchev–Trinajstić information content (AvgIpc) is 2.92. The second kappa shape index (κ2) is 14.1. The highest BCUT2D eigenvalue weighted by Crippen LogP contribution is 2.26. The van der Waals surface area contributed by atoms with Crippen molar-refractivity contribution >= 4 is 46.7 Å². The Kier molecular flexibility index (Phi) is 10.6. The molecular weight excluding hydrogens is 531 g/mol. The van der Waals surface area contributed by atoms with Gasteiger partial charge in [0.05, 0.1) is 22.3 Å². The van der Waals surface area contributed by atoms with E-state index in [9.17, 15) is 19.2 Å². The summed E-state index contributed by atoms with van der Waals surface area (Å²) >= 11 is 11.8. The molecule has 3 rings (SSSR count). The molecule has 1 aromatic heterocycles. The molecule has 2 atom stereocenters. The highest BCUT2D eigenvalue weighted by molar-refractivity contribution is 6.42. The molecule has 9 nitrogen and oxygen atoms in total. The molecule has 2 aromatic carbocycles. The molecule has 0 aliphatic carbocycles. The van der Waals surface area contributed by atoms with Crippen molar-refractivity contribution in [1.29, 1.82) is 0 Å². The number of hydrogen-bond donors (Lipinski definition) is 3. The van der Waals surface area contributed by atoms with Gasteiger partial charge in [-0.3, -0.25) is 24.2 Å². The second-order valence-electron chi connectivity index (χ2n) is 8.27. The van der Waals surface area contributed by atoms with Gasteiger partial charge in [-0.1, -0.05) is 59.6 Å². The fraction of sp³-hybridized carbons (Fsp3) is 0.222. The summed E-state index contributed by atoms with van der Waals surface area (Å²) in [7, 11) is 0. The van der Waals surface area contributed by atoms with Crippen LogP contribution < -0.4 is 20.7 Å². The molecule has 0 saturated carbocycles. The van der Waals surface area contributed by atoms with Crippen molar-refractivity contribution in [3.05, 3.63) is 94.2 Å². The van der Waals surface area contributed by atoms with E-state index in [1.54, 1.807) is 54.7 Å². The number of benzene rings is 2. The SMILES string of the molecule is C[C@@H](NC(=O)COc1ccc(Cl)c(Cl)c1)C(=O)N[C@H](Cc1ccccc1)C(=O)C(=O)NCc1ccccn1. The van der Waals surface area contributed by atoms with Gasteiger partial charge in [-0.15, -0.1) is 0 Å². The van der Waals surface area contributed by atoms with Gasteiger partial charge in [-0.05, 0) is 36.8 Å². The Balaban J connectivity index is 1.59. The number of hydrogen-bond acceptors (Lipinski definition) is 6. The van der Waals surface area contributed by atoms with Crippen molar-refractivity contribution in [2.75, 3.05) is 6.61 Å². The summed E-state index contributed by atoms with van der Waals surface area (Å²) in [6.07, 6.45) is 1.66. The van der Waals surface area contributed by atoms with Crippen molar-refractivity contribution in [2.24, 2.45) is 0 Å². The first-order valence-electron chi connectivity index (χ1n) is 11.7. The van der Waals surface area contributed by atoms with Crippen molar-refractivity contribution in [3.8, 4) is 5.75 Å². The zero-order chi connectivity index (χ0) is 27.5. The van der Waals surface area contributed by atoms with Crippen LogP contribution in [0.4, 0.5) is 0 Å². The maximum Gasteiger partial charge on any atom is 0.289 e. The number of amides is 3. The van der Waals surface area contributed by atoms with Gasteiger partial charge in [0.25, 0.3) is 11.8 Å². The predicted molar refractivity (Wildman–Crippen MR) is 143 cm³/mol. The topological polar surface area (TPSA) is 126 Å². The van der Waals surface area contributed by atoms with E-state index in [1.807, 2.05) is 6.07 Å². The van der Waals surface area contributed by atoms with Crippen molar-refractivity contribution in [1.82, 2.24) is 20.9 Å². The van der Waals surface area contributed by atoms with E-state index in [0.717, 1.165) is 5.56 Å². The fourth-order valence-corrected chi connectivity index (χ4v) is 3.63. The number of nitrogens with one attached hydrogen (secondary N) is 3. The van der Waals surface area contributed by atoms with Crippen LogP contribution in [-0.4, -0.2) is 47.2 Å². The number of ketones is 1. The molecule has 3 N–H and O–H groups in total. The van der Waals surface area contributed by atoms with Crippen LogP contribution in [0.2, 0.25) is 10.0 Å². The molecule has 0 radical (unpaired) electrons. The maximum atomic E-state index is 13.0. The van der Waals surface area contributed by atoms with Crippen LogP contribution in [0.5, 0.6) is 5.75 Å². The minimum absolute atomic E-state index is 0.0582. The first-order chi connectivity index (χ1) is 18.2. The van der Waals surface area contributed by atoms with E-state index in [-0.39, 0.29) is 24.6 Å². The lowest BCUT2D eigenvalue weighted by Crippen LogP contribution is -2.54. The van der Waals surface area contributed by atoms with Crippen LogP contribution >= 0.6 is 23.2 Å². The van der Waals surface area contributed by atoms with Crippen LogP contribution in [-0.2, 0) is 32.1 Å². The smallest absolute Gasteiger partial charge is 0.289 e. The van der Waals surface area contributed by atoms with Gasteiger partial charge in [-0.2, -0.15) is 0 Å². The Hall–Kier alpha value is -3.95. The van der Waals surface area contributed by atoms with E-state index < -0.39 is 35.6 Å². The molecule has 198 valence electrons. The van der Waals surface area contributed by atoms with Crippen molar-refractivity contribution in [2.45, 2.75) is 32.0 Å². The first-order valence-corrected chi connectivity index (χ1v) is 12.4. The minimum Gasteiger partial charge on any atom is -0.484 e. The number of rotatable bonds is 12. The summed E-state index contributed by atoms with van der Waals surface area (Å²) in [5, 5.41) is 8.24. The highest BCUT2D eigenvalue weighted by atomic mass is 35.5. The van der Waals surface area contributed by atoms with Gasteiger partial charge >= 0.3 is 0 Å². The summed E-state index contributed by atoms with van der Waals surface area (Å²) in [4.78, 5) is 54.8. The lowest BCUT2D eigenvalue weighted by atomic mass is 10.0. The van der Waals surface area contributed by atoms with E-state index in [0.29, 0.717) is 16.5 Å². The molecule has 3 amide bonds. The van der Waals surface area contributed by atoms with Crippen molar-refractivity contribution in [3.63, 3.8) is 0 Å². The number of halogens is 2. The third kappa shape index (κ3) is 8.86. The number of ether oxygens (including phenoxy) is 1. The maximum absolute atomic E-state index is 13.0. The second-order valence-corrected chi connectivity index (χ2v) is 9.09. The molecule has 0 fully saturated rings. The largest absolute Gasteiger partial charge is 0.484 e. The van der Waals surface area contributed by atoms with Gasteiger partial charge in [0.2, 0.25) is 11.7 Å². The lowest BCUT2D eigenvalue weighted by molar-refractivity contribution is -0.140. The zero-order valence-corrected chi connectivity index (χ0v) is 22.0. The van der Waals surface area contributed by atoms with Gasteiger partial charge < -0.3 is 20.7 Å². The standard InChI is InChI=1S/C27H26Cl2N4O5/c1-17(32-24(34)16-38-20-10-11-21(28)22(29)14-20)26(36)33-23(13-18-7-3-2-4-8-18)25(35)27(37)31-15-19-9-5-6-12-30-19/h2-12,14,17,23H,13,15-16H2,1H3,(H,31,37)(H,32,34)(H,33,36)/t17-,23-/m1/s1. The first kappa shape index (κ1) is 28.6. The Morgan fingerprint density at radius 1 is 0.921 bits per heavy atom. The third-order valence-corrected chi connectivity index (χ3v) is 6.07. The van der Waals surface area contributed by atoms with Crippen LogP contribution in [0.25, 0.3) is 0 Å². The molecule has 0 aliphatic rings. The van der Waals surface area contributed by atoms with Crippen LogP contribution in [0.15, 0.2) is 72.9 Å². The number of pyridine rings is 1. The molecule has 0 spiro atoms. The molecule has 1 heterocycles. The summed E-state index contributed by atoms with van der Waals surface area (Å²) in [5.41, 5.74) is 1.33. The lowest BCUT2D eigenvalue weighted by Gasteiger charge is -2.21. The van der Waals surface area contributed by atoms with Gasteiger partial charge in [0.15, 0.2) is 6.61 Å². The van der Waals surface area contributed by atoms with Gasteiger partial charge in [0.1, 0.15) is 17.8 Å². The minimum atomic E-state index is -1.15. The molecular formula is C27H26Cl2N4O5. The normalized spacial score (nSPS) is 12.1. The molecule has 11 heteroatoms. The summed E-state index contributed by atoms with van der Waals surface area (Å²) in [6, 6.07) is 16.6. The van der Waals surface area contributed by atoms with Crippen LogP contribution in [0.3, 0.4) is 0 Å². The Bertz CT molecular complexity index is 1270. The third-order valence-electron chi connectivity index (χ3n) is 5.33. The number of nitrogens with zero attached hydrogens (tertiary/aromatic N) is 1. The molecule has 3 aromatic rings. The van der Waals surface area contributed by atoms with Crippen molar-refractivity contribution < 1.29 is 23.9 Å². The quantitative estimate of drug-likeness (QED) is 0.294. The number of Topliss-reactive ketones (excluding diaryl/α,β-unsaturated/α-hetero) is 1. The van der Waals surface area contributed by atoms with E-state index >= 15 is 0 Å². The Morgan fingerprint density at radius 3 is 2.34 bits per heavy atom. The number of carbonyl (C=O) groups excluding carboxylic acids is 4. The molecule has 0 bridgehead atoms. The highest BCUT2D eigenvalue weighted by Gasteiger charge is 2.29. The molecule has 0 aliphatic heterocycles. The number of aromatic nitrogens is 1. The van der Waals surface area contributed by atoms with Gasteiger partial charge in [-0.25, -0.2) is 0 Å². The van der Waals surface area contributed by atoms with Crippen LogP contribution in [0, 0.1) is 0 Å². The van der Waals surface area contributed by atoms with E-state index in [1.165, 1.54) is 19.1 Å². The van der Waals surface area contributed by atoms with E-state index in [2.05, 4.69) is 20.9 Å². The zero-order valence-electron chi connectivity index (χ0n) is 20.4. The molecule has 38 heavy (non-hydrogen) atoms. The summed E-state index contributed by atoms with van der Waals surface area (Å²) < 4.78 is 5.38. The summed E-state index contributed by atoms with van der Waals surface area (Å²) in [5.74, 6) is -2.56. The Labute approximate surface area is 229 Å². The van der Waals surface area contributed by atoms with Gasteiger partial charge in [0, 0.05) is 18.7 Å². The molecule has 0 unspecified atom stereocenters. The Morgan fingerprint density at radius 2 is 1.66 bits per heavy atom. The van der Waals surface area contributed by atoms with E-state index in [4.69, 9.17) is 27.9 Å². The monoisotopic (exact) mass is 556 g/mol. The molecule has 0 saturated heterocycles. The number of carbonyl (C=O) groups is 4. The fourth-order valence-electron chi connectivity index (χ4n) is 3.34. The predicted octanol–water partition coefficient (Wildman–Crippen LogP) is 2.88. The average molecular weight is 557 g/mol.